The minimum absolute atomic E-state index is 0.799. The number of carboxylic acids is 1. The molecule has 0 aliphatic heterocycles. The van der Waals surface area contributed by atoms with E-state index in [9.17, 15) is 22.4 Å². The van der Waals surface area contributed by atoms with Gasteiger partial charge in [0.25, 0.3) is 0 Å². The summed E-state index contributed by atoms with van der Waals surface area (Å²) >= 11 is 0. The molecule has 0 aromatic carbocycles. The van der Waals surface area contributed by atoms with Crippen molar-refractivity contribution in [3.8, 4) is 0 Å². The van der Waals surface area contributed by atoms with Crippen LogP contribution >= 0.6 is 0 Å². The van der Waals surface area contributed by atoms with Gasteiger partial charge >= 0.3 is 18.3 Å². The fourth-order valence-corrected chi connectivity index (χ4v) is 0.765. The van der Waals surface area contributed by atoms with Gasteiger partial charge in [-0.1, -0.05) is 6.92 Å². The van der Waals surface area contributed by atoms with Crippen LogP contribution in [0.25, 0.3) is 0 Å². The molecule has 0 heterocycles. The Morgan fingerprint density at radius 1 is 1.40 bits per heavy atom. The van der Waals surface area contributed by atoms with Crippen LogP contribution in [0.2, 0.25) is 0 Å². The highest BCUT2D eigenvalue weighted by Crippen LogP contribution is 2.21. The molecule has 0 aliphatic carbocycles. The number of nitrogens with one attached hydrogen (secondary N) is 1. The number of carboxylic acid groups (broad SMARTS) is 1. The summed E-state index contributed by atoms with van der Waals surface area (Å²) in [6.07, 6.45) is -3.75. The predicted molar refractivity (Wildman–Crippen MR) is 45.2 cm³/mol. The number of carbonyl (C=O) groups is 1. The lowest BCUT2D eigenvalue weighted by molar-refractivity contribution is -0.143. The standard InChI is InChI=1S/C8H13F4NO2/c1-4(6(14)15)5(2)13-3-8(11,12)7(9)10/h4-5,7,13H,3H2,1-2H3,(H,14,15). The monoisotopic (exact) mass is 231 g/mol. The Balaban J connectivity index is 4.11. The molecule has 0 aromatic heterocycles. The van der Waals surface area contributed by atoms with Crippen molar-refractivity contribution in [2.75, 3.05) is 6.54 Å². The van der Waals surface area contributed by atoms with Crippen molar-refractivity contribution in [2.24, 2.45) is 5.92 Å². The van der Waals surface area contributed by atoms with Gasteiger partial charge in [0.05, 0.1) is 12.5 Å². The van der Waals surface area contributed by atoms with Gasteiger partial charge < -0.3 is 10.4 Å². The predicted octanol–water partition coefficient (Wildman–Crippen LogP) is 1.59. The van der Waals surface area contributed by atoms with Gasteiger partial charge in [-0.3, -0.25) is 4.79 Å². The molecule has 0 spiro atoms. The van der Waals surface area contributed by atoms with Crippen LogP contribution in [-0.2, 0) is 4.79 Å². The zero-order chi connectivity index (χ0) is 12.2. The first-order chi connectivity index (χ1) is 6.68. The van der Waals surface area contributed by atoms with E-state index < -0.39 is 36.8 Å². The molecule has 0 bridgehead atoms. The summed E-state index contributed by atoms with van der Waals surface area (Å²) in [5.74, 6) is -6.22. The van der Waals surface area contributed by atoms with Crippen LogP contribution < -0.4 is 5.32 Å². The molecule has 3 nitrogen and oxygen atoms in total. The van der Waals surface area contributed by atoms with Crippen molar-refractivity contribution in [2.45, 2.75) is 32.2 Å². The highest BCUT2D eigenvalue weighted by atomic mass is 19.3. The zero-order valence-electron chi connectivity index (χ0n) is 8.31. The zero-order valence-corrected chi connectivity index (χ0v) is 8.31. The minimum atomic E-state index is -4.13. The quantitative estimate of drug-likeness (QED) is 0.682. The number of hydrogen-bond donors (Lipinski definition) is 2. The van der Waals surface area contributed by atoms with E-state index in [0.29, 0.717) is 0 Å². The van der Waals surface area contributed by atoms with Crippen LogP contribution in [-0.4, -0.2) is 36.0 Å². The first-order valence-electron chi connectivity index (χ1n) is 4.30. The lowest BCUT2D eigenvalue weighted by Gasteiger charge is -2.21. The highest BCUT2D eigenvalue weighted by molar-refractivity contribution is 5.70. The van der Waals surface area contributed by atoms with Crippen LogP contribution in [0.4, 0.5) is 17.6 Å². The minimum Gasteiger partial charge on any atom is -0.481 e. The first kappa shape index (κ1) is 14.2. The molecule has 2 unspecified atom stereocenters. The van der Waals surface area contributed by atoms with Gasteiger partial charge in [-0.15, -0.1) is 0 Å². The fraction of sp³-hybridized carbons (Fsp3) is 0.875. The molecule has 0 saturated heterocycles. The normalized spacial score (nSPS) is 16.5. The molecule has 0 fully saturated rings. The fourth-order valence-electron chi connectivity index (χ4n) is 0.765. The molecule has 0 saturated carbocycles. The van der Waals surface area contributed by atoms with E-state index in [1.54, 1.807) is 0 Å². The van der Waals surface area contributed by atoms with Gasteiger partial charge in [0, 0.05) is 6.04 Å². The molecule has 90 valence electrons. The van der Waals surface area contributed by atoms with Crippen LogP contribution in [0, 0.1) is 5.92 Å². The Labute approximate surface area is 84.5 Å². The summed E-state index contributed by atoms with van der Waals surface area (Å²) in [7, 11) is 0. The third-order valence-corrected chi connectivity index (χ3v) is 2.12. The van der Waals surface area contributed by atoms with Gasteiger partial charge in [0.1, 0.15) is 0 Å². The number of alkyl halides is 4. The van der Waals surface area contributed by atoms with Crippen molar-refractivity contribution in [1.82, 2.24) is 5.32 Å². The largest absolute Gasteiger partial charge is 0.481 e. The van der Waals surface area contributed by atoms with Crippen molar-refractivity contribution in [1.29, 1.82) is 0 Å². The highest BCUT2D eigenvalue weighted by Gasteiger charge is 2.40. The van der Waals surface area contributed by atoms with Crippen molar-refractivity contribution in [3.63, 3.8) is 0 Å². The summed E-state index contributed by atoms with van der Waals surface area (Å²) in [5, 5.41) is 10.6. The average molecular weight is 231 g/mol. The van der Waals surface area contributed by atoms with Crippen LogP contribution in [0.1, 0.15) is 13.8 Å². The lowest BCUT2D eigenvalue weighted by Crippen LogP contribution is -2.45. The van der Waals surface area contributed by atoms with Gasteiger partial charge in [-0.05, 0) is 6.92 Å². The van der Waals surface area contributed by atoms with Crippen LogP contribution in [0.3, 0.4) is 0 Å². The summed E-state index contributed by atoms with van der Waals surface area (Å²) in [6.45, 7) is 1.42. The molecular weight excluding hydrogens is 218 g/mol. The summed E-state index contributed by atoms with van der Waals surface area (Å²) in [4.78, 5) is 10.4. The molecule has 7 heteroatoms. The Morgan fingerprint density at radius 2 is 1.87 bits per heavy atom. The summed E-state index contributed by atoms with van der Waals surface area (Å²) < 4.78 is 48.3. The van der Waals surface area contributed by atoms with E-state index in [0.717, 1.165) is 0 Å². The molecule has 0 rings (SSSR count). The van der Waals surface area contributed by atoms with Crippen LogP contribution in [0.15, 0.2) is 0 Å². The van der Waals surface area contributed by atoms with E-state index >= 15 is 0 Å². The molecular formula is C8H13F4NO2. The molecule has 0 radical (unpaired) electrons. The van der Waals surface area contributed by atoms with Gasteiger partial charge in [0.2, 0.25) is 0 Å². The maximum atomic E-state index is 12.4. The number of aliphatic carboxylic acids is 1. The van der Waals surface area contributed by atoms with E-state index in [1.807, 2.05) is 0 Å². The molecule has 15 heavy (non-hydrogen) atoms. The molecule has 2 N–H and O–H groups in total. The second-order valence-electron chi connectivity index (χ2n) is 3.36. The lowest BCUT2D eigenvalue weighted by atomic mass is 10.0. The van der Waals surface area contributed by atoms with E-state index in [4.69, 9.17) is 5.11 Å². The number of hydrogen-bond acceptors (Lipinski definition) is 2. The SMILES string of the molecule is CC(NCC(F)(F)C(F)F)C(C)C(=O)O. The molecule has 0 aromatic rings. The second kappa shape index (κ2) is 5.29. The van der Waals surface area contributed by atoms with Gasteiger partial charge in [-0.25, -0.2) is 8.78 Å². The Morgan fingerprint density at radius 3 is 2.20 bits per heavy atom. The Hall–Kier alpha value is -0.850. The summed E-state index contributed by atoms with van der Waals surface area (Å²) in [6, 6.07) is -0.799. The Kier molecular flexibility index (Phi) is 4.99. The van der Waals surface area contributed by atoms with Crippen LogP contribution in [0.5, 0.6) is 0 Å². The molecule has 2 atom stereocenters. The van der Waals surface area contributed by atoms with E-state index in [2.05, 4.69) is 5.32 Å². The number of rotatable bonds is 6. The van der Waals surface area contributed by atoms with Gasteiger partial charge in [0.15, 0.2) is 0 Å². The van der Waals surface area contributed by atoms with Crippen molar-refractivity contribution in [3.05, 3.63) is 0 Å². The first-order valence-corrected chi connectivity index (χ1v) is 4.30. The van der Waals surface area contributed by atoms with E-state index in [1.165, 1.54) is 13.8 Å². The summed E-state index contributed by atoms with van der Waals surface area (Å²) in [5.41, 5.74) is 0. The maximum absolute atomic E-state index is 12.4. The second-order valence-corrected chi connectivity index (χ2v) is 3.36. The van der Waals surface area contributed by atoms with Crippen molar-refractivity contribution >= 4 is 5.97 Å². The van der Waals surface area contributed by atoms with E-state index in [-0.39, 0.29) is 0 Å². The topological polar surface area (TPSA) is 49.3 Å². The number of halogens is 4. The smallest absolute Gasteiger partial charge is 0.319 e. The third-order valence-electron chi connectivity index (χ3n) is 2.12. The average Bonchev–Trinajstić information content (AvgIpc) is 2.12. The third kappa shape index (κ3) is 4.46. The Bertz CT molecular complexity index is 223. The van der Waals surface area contributed by atoms with Crippen molar-refractivity contribution < 1.29 is 27.5 Å². The maximum Gasteiger partial charge on any atom is 0.319 e. The molecule has 0 amide bonds. The molecule has 0 aliphatic rings. The van der Waals surface area contributed by atoms with Gasteiger partial charge in [-0.2, -0.15) is 8.78 Å².